The number of imidazole rings is 1. The summed E-state index contributed by atoms with van der Waals surface area (Å²) >= 11 is 0. The van der Waals surface area contributed by atoms with E-state index in [-0.39, 0.29) is 0 Å². The lowest BCUT2D eigenvalue weighted by Gasteiger charge is -2.06. The monoisotopic (exact) mass is 166 g/mol. The summed E-state index contributed by atoms with van der Waals surface area (Å²) in [5.74, 6) is 0.961. The molecule has 0 aliphatic heterocycles. The minimum atomic E-state index is 0.650. The van der Waals surface area contributed by atoms with Gasteiger partial charge in [0.15, 0.2) is 0 Å². The third kappa shape index (κ3) is 1.43. The van der Waals surface area contributed by atoms with E-state index in [1.165, 1.54) is 12.8 Å². The average Bonchev–Trinajstić information content (AvgIpc) is 2.83. The molecule has 1 heterocycles. The Bertz CT molecular complexity index is 251. The number of anilines is 1. The van der Waals surface area contributed by atoms with E-state index in [1.807, 2.05) is 12.4 Å². The molecule has 1 saturated carbocycles. The zero-order valence-electron chi connectivity index (χ0n) is 7.03. The SMILES string of the molecule is NCCNc1nccn1C1CC1. The predicted octanol–water partition coefficient (Wildman–Crippen LogP) is 0.589. The molecule has 0 aromatic carbocycles. The van der Waals surface area contributed by atoms with Gasteiger partial charge in [0.1, 0.15) is 0 Å². The van der Waals surface area contributed by atoms with Crippen LogP contribution in [-0.2, 0) is 0 Å². The molecule has 0 bridgehead atoms. The first-order chi connectivity index (χ1) is 5.92. The van der Waals surface area contributed by atoms with Crippen molar-refractivity contribution in [2.24, 2.45) is 5.73 Å². The van der Waals surface area contributed by atoms with E-state index in [1.54, 1.807) is 0 Å². The van der Waals surface area contributed by atoms with Gasteiger partial charge in [0.25, 0.3) is 0 Å². The maximum atomic E-state index is 5.39. The summed E-state index contributed by atoms with van der Waals surface area (Å²) in [7, 11) is 0. The second kappa shape index (κ2) is 3.15. The van der Waals surface area contributed by atoms with E-state index in [2.05, 4.69) is 14.9 Å². The van der Waals surface area contributed by atoms with Gasteiger partial charge in [-0.1, -0.05) is 0 Å². The van der Waals surface area contributed by atoms with Crippen LogP contribution in [0.3, 0.4) is 0 Å². The summed E-state index contributed by atoms with van der Waals surface area (Å²) in [6.07, 6.45) is 6.43. The molecule has 3 N–H and O–H groups in total. The summed E-state index contributed by atoms with van der Waals surface area (Å²) in [5, 5.41) is 3.19. The largest absolute Gasteiger partial charge is 0.354 e. The van der Waals surface area contributed by atoms with Crippen LogP contribution in [0.25, 0.3) is 0 Å². The minimum absolute atomic E-state index is 0.650. The van der Waals surface area contributed by atoms with Crippen molar-refractivity contribution in [1.29, 1.82) is 0 Å². The van der Waals surface area contributed by atoms with Gasteiger partial charge >= 0.3 is 0 Å². The van der Waals surface area contributed by atoms with Crippen LogP contribution < -0.4 is 11.1 Å². The van der Waals surface area contributed by atoms with Crippen LogP contribution in [-0.4, -0.2) is 22.6 Å². The molecular weight excluding hydrogens is 152 g/mol. The molecule has 1 fully saturated rings. The molecule has 2 rings (SSSR count). The first-order valence-electron chi connectivity index (χ1n) is 4.38. The zero-order chi connectivity index (χ0) is 8.39. The van der Waals surface area contributed by atoms with Crippen LogP contribution in [0.2, 0.25) is 0 Å². The molecule has 1 aromatic rings. The fraction of sp³-hybridized carbons (Fsp3) is 0.625. The molecule has 0 atom stereocenters. The quantitative estimate of drug-likeness (QED) is 0.688. The molecule has 1 aromatic heterocycles. The highest BCUT2D eigenvalue weighted by Crippen LogP contribution is 2.36. The van der Waals surface area contributed by atoms with E-state index in [4.69, 9.17) is 5.73 Å². The van der Waals surface area contributed by atoms with E-state index < -0.39 is 0 Å². The number of hydrogen-bond acceptors (Lipinski definition) is 3. The van der Waals surface area contributed by atoms with Gasteiger partial charge in [-0.15, -0.1) is 0 Å². The molecule has 0 radical (unpaired) electrons. The third-order valence-corrected chi connectivity index (χ3v) is 2.04. The molecule has 1 aliphatic rings. The second-order valence-electron chi connectivity index (χ2n) is 3.10. The van der Waals surface area contributed by atoms with Gasteiger partial charge in [-0.2, -0.15) is 0 Å². The van der Waals surface area contributed by atoms with Crippen molar-refractivity contribution >= 4 is 5.95 Å². The van der Waals surface area contributed by atoms with Crippen LogP contribution >= 0.6 is 0 Å². The Hall–Kier alpha value is -1.03. The van der Waals surface area contributed by atoms with Gasteiger partial charge in [0, 0.05) is 31.5 Å². The fourth-order valence-electron chi connectivity index (χ4n) is 1.28. The summed E-state index contributed by atoms with van der Waals surface area (Å²) in [6, 6.07) is 0.688. The Morgan fingerprint density at radius 1 is 1.67 bits per heavy atom. The molecular formula is C8H14N4. The smallest absolute Gasteiger partial charge is 0.203 e. The summed E-state index contributed by atoms with van der Waals surface area (Å²) in [4.78, 5) is 4.21. The second-order valence-corrected chi connectivity index (χ2v) is 3.10. The van der Waals surface area contributed by atoms with Gasteiger partial charge in [0.05, 0.1) is 0 Å². The number of rotatable bonds is 4. The molecule has 0 unspecified atom stereocenters. The summed E-state index contributed by atoms with van der Waals surface area (Å²) in [6.45, 7) is 1.45. The molecule has 66 valence electrons. The molecule has 1 aliphatic carbocycles. The first kappa shape index (κ1) is 7.61. The van der Waals surface area contributed by atoms with E-state index >= 15 is 0 Å². The maximum absolute atomic E-state index is 5.39. The van der Waals surface area contributed by atoms with Gasteiger partial charge < -0.3 is 15.6 Å². The van der Waals surface area contributed by atoms with Crippen LogP contribution in [0.4, 0.5) is 5.95 Å². The van der Waals surface area contributed by atoms with Crippen LogP contribution in [0.5, 0.6) is 0 Å². The van der Waals surface area contributed by atoms with Crippen molar-refractivity contribution in [2.45, 2.75) is 18.9 Å². The molecule has 0 amide bonds. The van der Waals surface area contributed by atoms with E-state index in [9.17, 15) is 0 Å². The van der Waals surface area contributed by atoms with Gasteiger partial charge in [-0.25, -0.2) is 4.98 Å². The number of nitrogens with one attached hydrogen (secondary N) is 1. The van der Waals surface area contributed by atoms with Crippen molar-refractivity contribution in [3.05, 3.63) is 12.4 Å². The van der Waals surface area contributed by atoms with Crippen LogP contribution in [0, 0.1) is 0 Å². The lowest BCUT2D eigenvalue weighted by Crippen LogP contribution is -2.15. The normalized spacial score (nSPS) is 16.4. The highest BCUT2D eigenvalue weighted by Gasteiger charge is 2.25. The predicted molar refractivity (Wildman–Crippen MR) is 48.0 cm³/mol. The van der Waals surface area contributed by atoms with Crippen LogP contribution in [0.1, 0.15) is 18.9 Å². The van der Waals surface area contributed by atoms with Crippen molar-refractivity contribution in [2.75, 3.05) is 18.4 Å². The summed E-state index contributed by atoms with van der Waals surface area (Å²) in [5.41, 5.74) is 5.39. The van der Waals surface area contributed by atoms with Gasteiger partial charge in [-0.05, 0) is 12.8 Å². The summed E-state index contributed by atoms with van der Waals surface area (Å²) < 4.78 is 2.19. The molecule has 12 heavy (non-hydrogen) atoms. The standard InChI is InChI=1S/C8H14N4/c9-3-4-10-8-11-5-6-12(8)7-1-2-7/h5-7H,1-4,9H2,(H,10,11). The lowest BCUT2D eigenvalue weighted by atomic mass is 10.6. The Morgan fingerprint density at radius 2 is 2.50 bits per heavy atom. The number of aromatic nitrogens is 2. The Morgan fingerprint density at radius 3 is 3.17 bits per heavy atom. The zero-order valence-corrected chi connectivity index (χ0v) is 7.03. The number of hydrogen-bond donors (Lipinski definition) is 2. The third-order valence-electron chi connectivity index (χ3n) is 2.04. The van der Waals surface area contributed by atoms with Crippen molar-refractivity contribution in [1.82, 2.24) is 9.55 Å². The minimum Gasteiger partial charge on any atom is -0.354 e. The van der Waals surface area contributed by atoms with Crippen molar-refractivity contribution in [3.8, 4) is 0 Å². The maximum Gasteiger partial charge on any atom is 0.203 e. The molecule has 0 spiro atoms. The highest BCUT2D eigenvalue weighted by molar-refractivity contribution is 5.27. The Kier molecular flexibility index (Phi) is 1.99. The average molecular weight is 166 g/mol. The van der Waals surface area contributed by atoms with Crippen molar-refractivity contribution < 1.29 is 0 Å². The van der Waals surface area contributed by atoms with Crippen LogP contribution in [0.15, 0.2) is 12.4 Å². The first-order valence-corrected chi connectivity index (χ1v) is 4.38. The number of nitrogens with two attached hydrogens (primary N) is 1. The molecule has 4 heteroatoms. The molecule has 0 saturated heterocycles. The van der Waals surface area contributed by atoms with E-state index in [0.29, 0.717) is 12.6 Å². The fourth-order valence-corrected chi connectivity index (χ4v) is 1.28. The Balaban J connectivity index is 2.03. The van der Waals surface area contributed by atoms with E-state index in [0.717, 1.165) is 12.5 Å². The lowest BCUT2D eigenvalue weighted by molar-refractivity contribution is 0.743. The van der Waals surface area contributed by atoms with Crippen molar-refractivity contribution in [3.63, 3.8) is 0 Å². The topological polar surface area (TPSA) is 55.9 Å². The van der Waals surface area contributed by atoms with Gasteiger partial charge in [-0.3, -0.25) is 0 Å². The Labute approximate surface area is 71.8 Å². The highest BCUT2D eigenvalue weighted by atomic mass is 15.2. The number of nitrogens with zero attached hydrogens (tertiary/aromatic N) is 2. The van der Waals surface area contributed by atoms with Gasteiger partial charge in [0.2, 0.25) is 5.95 Å². The molecule has 4 nitrogen and oxygen atoms in total.